The molecule has 2 heterocycles. The summed E-state index contributed by atoms with van der Waals surface area (Å²) in [5, 5.41) is 9.12. The highest BCUT2D eigenvalue weighted by Crippen LogP contribution is 2.40. The van der Waals surface area contributed by atoms with Crippen LogP contribution in [0.15, 0.2) is 23.9 Å². The summed E-state index contributed by atoms with van der Waals surface area (Å²) in [5.41, 5.74) is 0.960. The Kier molecular flexibility index (Phi) is 2.56. The Morgan fingerprint density at radius 2 is 2.47 bits per heavy atom. The fourth-order valence-corrected chi connectivity index (χ4v) is 3.09. The summed E-state index contributed by atoms with van der Waals surface area (Å²) in [6.07, 6.45) is 2.66. The SMILES string of the molecule is C=CCC1=C(C(=O)O)N2C(=O)C[C@H]2SC1. The number of amides is 1. The van der Waals surface area contributed by atoms with Crippen molar-refractivity contribution >= 4 is 23.6 Å². The molecule has 0 aromatic heterocycles. The van der Waals surface area contributed by atoms with Crippen LogP contribution >= 0.6 is 11.8 Å². The van der Waals surface area contributed by atoms with Gasteiger partial charge in [-0.25, -0.2) is 4.79 Å². The molecule has 2 rings (SSSR count). The van der Waals surface area contributed by atoms with E-state index in [-0.39, 0.29) is 17.0 Å². The Balaban J connectivity index is 2.36. The molecule has 0 aromatic rings. The number of thioether (sulfide) groups is 1. The normalized spacial score (nSPS) is 24.7. The Hall–Kier alpha value is -1.23. The number of β-lactam (4-membered cyclic amide) rings is 1. The second-order valence-corrected chi connectivity index (χ2v) is 4.65. The molecule has 80 valence electrons. The molecule has 1 atom stereocenters. The molecule has 0 aliphatic carbocycles. The topological polar surface area (TPSA) is 57.6 Å². The largest absolute Gasteiger partial charge is 0.477 e. The summed E-state index contributed by atoms with van der Waals surface area (Å²) in [6.45, 7) is 3.59. The van der Waals surface area contributed by atoms with E-state index in [0.29, 0.717) is 18.6 Å². The van der Waals surface area contributed by atoms with Crippen molar-refractivity contribution in [3.05, 3.63) is 23.9 Å². The first-order valence-electron chi connectivity index (χ1n) is 4.65. The molecular formula is C10H11NO3S. The first kappa shape index (κ1) is 10.3. The molecule has 0 aromatic carbocycles. The summed E-state index contributed by atoms with van der Waals surface area (Å²) < 4.78 is 0. The zero-order valence-corrected chi connectivity index (χ0v) is 8.92. The summed E-state index contributed by atoms with van der Waals surface area (Å²) in [6, 6.07) is 0. The number of carbonyl (C=O) groups excluding carboxylic acids is 1. The highest BCUT2D eigenvalue weighted by atomic mass is 32.2. The van der Waals surface area contributed by atoms with Gasteiger partial charge in [0.05, 0.1) is 11.8 Å². The van der Waals surface area contributed by atoms with Gasteiger partial charge in [-0.3, -0.25) is 9.69 Å². The predicted molar refractivity (Wildman–Crippen MR) is 57.2 cm³/mol. The van der Waals surface area contributed by atoms with E-state index in [1.54, 1.807) is 17.8 Å². The van der Waals surface area contributed by atoms with Crippen molar-refractivity contribution < 1.29 is 14.7 Å². The smallest absolute Gasteiger partial charge is 0.352 e. The molecule has 1 saturated heterocycles. The average Bonchev–Trinajstić information content (AvgIpc) is 2.18. The predicted octanol–water partition coefficient (Wildman–Crippen LogP) is 1.21. The van der Waals surface area contributed by atoms with Crippen LogP contribution in [0.4, 0.5) is 0 Å². The molecule has 0 saturated carbocycles. The molecule has 0 unspecified atom stereocenters. The number of aliphatic carboxylic acids is 1. The van der Waals surface area contributed by atoms with Crippen LogP contribution in [0.1, 0.15) is 12.8 Å². The Morgan fingerprint density at radius 1 is 1.73 bits per heavy atom. The van der Waals surface area contributed by atoms with Crippen molar-refractivity contribution in [2.75, 3.05) is 5.75 Å². The molecular weight excluding hydrogens is 214 g/mol. The van der Waals surface area contributed by atoms with Crippen LogP contribution in [0, 0.1) is 0 Å². The lowest BCUT2D eigenvalue weighted by Crippen LogP contribution is -2.53. The maximum atomic E-state index is 11.3. The van der Waals surface area contributed by atoms with Crippen LogP contribution in [0.2, 0.25) is 0 Å². The van der Waals surface area contributed by atoms with Crippen LogP contribution in [0.3, 0.4) is 0 Å². The van der Waals surface area contributed by atoms with Crippen molar-refractivity contribution in [2.45, 2.75) is 18.2 Å². The van der Waals surface area contributed by atoms with E-state index in [4.69, 9.17) is 5.11 Å². The van der Waals surface area contributed by atoms with Crippen LogP contribution < -0.4 is 0 Å². The lowest BCUT2D eigenvalue weighted by atomic mass is 10.1. The highest BCUT2D eigenvalue weighted by molar-refractivity contribution is 8.00. The minimum Gasteiger partial charge on any atom is -0.477 e. The summed E-state index contributed by atoms with van der Waals surface area (Å²) in [7, 11) is 0. The standard InChI is InChI=1S/C10H11NO3S/c1-2-3-6-5-15-8-4-7(12)11(8)9(6)10(13)14/h2,8H,1,3-5H2,(H,13,14)/t8-/m1/s1. The van der Waals surface area contributed by atoms with Gasteiger partial charge in [0.1, 0.15) is 5.70 Å². The van der Waals surface area contributed by atoms with Crippen molar-refractivity contribution in [2.24, 2.45) is 0 Å². The summed E-state index contributed by atoms with van der Waals surface area (Å²) >= 11 is 1.62. The average molecular weight is 225 g/mol. The number of hydrogen-bond donors (Lipinski definition) is 1. The molecule has 0 bridgehead atoms. The maximum Gasteiger partial charge on any atom is 0.352 e. The second-order valence-electron chi connectivity index (χ2n) is 3.48. The molecule has 1 fully saturated rings. The van der Waals surface area contributed by atoms with Gasteiger partial charge in [-0.2, -0.15) is 0 Å². The number of hydrogen-bond acceptors (Lipinski definition) is 3. The van der Waals surface area contributed by atoms with Gasteiger partial charge in [-0.15, -0.1) is 18.3 Å². The molecule has 2 aliphatic heterocycles. The van der Waals surface area contributed by atoms with Gasteiger partial charge in [0.25, 0.3) is 0 Å². The maximum absolute atomic E-state index is 11.3. The van der Waals surface area contributed by atoms with Crippen molar-refractivity contribution in [1.82, 2.24) is 4.90 Å². The molecule has 0 spiro atoms. The highest BCUT2D eigenvalue weighted by Gasteiger charge is 2.44. The van der Waals surface area contributed by atoms with Crippen molar-refractivity contribution in [3.63, 3.8) is 0 Å². The van der Waals surface area contributed by atoms with Crippen LogP contribution in [0.25, 0.3) is 0 Å². The first-order valence-corrected chi connectivity index (χ1v) is 5.70. The Morgan fingerprint density at radius 3 is 3.00 bits per heavy atom. The fraction of sp³-hybridized carbons (Fsp3) is 0.400. The van der Waals surface area contributed by atoms with E-state index in [1.165, 1.54) is 4.90 Å². The number of fused-ring (bicyclic) bond motifs is 1. The molecule has 5 heteroatoms. The van der Waals surface area contributed by atoms with Gasteiger partial charge in [0, 0.05) is 5.75 Å². The Bertz CT molecular complexity index is 375. The monoisotopic (exact) mass is 225 g/mol. The number of carboxylic acids is 1. The van der Waals surface area contributed by atoms with E-state index in [9.17, 15) is 9.59 Å². The quantitative estimate of drug-likeness (QED) is 0.579. The van der Waals surface area contributed by atoms with E-state index >= 15 is 0 Å². The number of carboxylic acid groups (broad SMARTS) is 1. The third-order valence-corrected chi connectivity index (χ3v) is 3.80. The minimum absolute atomic E-state index is 0.0390. The van der Waals surface area contributed by atoms with Gasteiger partial charge in [-0.1, -0.05) is 6.08 Å². The third kappa shape index (κ3) is 1.56. The van der Waals surface area contributed by atoms with E-state index in [1.807, 2.05) is 0 Å². The van der Waals surface area contributed by atoms with Gasteiger partial charge in [-0.05, 0) is 12.0 Å². The molecule has 1 amide bonds. The number of nitrogens with zero attached hydrogens (tertiary/aromatic N) is 1. The Labute approximate surface area is 91.6 Å². The van der Waals surface area contributed by atoms with Gasteiger partial charge in [0.15, 0.2) is 0 Å². The third-order valence-electron chi connectivity index (χ3n) is 2.52. The number of allylic oxidation sites excluding steroid dienone is 1. The lowest BCUT2D eigenvalue weighted by molar-refractivity contribution is -0.146. The molecule has 15 heavy (non-hydrogen) atoms. The van der Waals surface area contributed by atoms with Crippen molar-refractivity contribution in [1.29, 1.82) is 0 Å². The van der Waals surface area contributed by atoms with Gasteiger partial charge >= 0.3 is 5.97 Å². The lowest BCUT2D eigenvalue weighted by Gasteiger charge is -2.43. The van der Waals surface area contributed by atoms with E-state index in [0.717, 1.165) is 5.57 Å². The van der Waals surface area contributed by atoms with E-state index in [2.05, 4.69) is 6.58 Å². The van der Waals surface area contributed by atoms with Gasteiger partial charge in [0.2, 0.25) is 5.91 Å². The number of carbonyl (C=O) groups is 2. The summed E-state index contributed by atoms with van der Waals surface area (Å²) in [4.78, 5) is 23.8. The van der Waals surface area contributed by atoms with E-state index < -0.39 is 5.97 Å². The molecule has 0 radical (unpaired) electrons. The zero-order valence-electron chi connectivity index (χ0n) is 8.10. The number of rotatable bonds is 3. The molecule has 4 nitrogen and oxygen atoms in total. The zero-order chi connectivity index (χ0) is 11.0. The first-order chi connectivity index (χ1) is 7.15. The fourth-order valence-electron chi connectivity index (χ4n) is 1.81. The second kappa shape index (κ2) is 3.73. The van der Waals surface area contributed by atoms with Crippen LogP contribution in [-0.4, -0.2) is 33.0 Å². The molecule has 2 aliphatic rings. The minimum atomic E-state index is -1.01. The van der Waals surface area contributed by atoms with Gasteiger partial charge < -0.3 is 5.11 Å². The summed E-state index contributed by atoms with van der Waals surface area (Å²) in [5.74, 6) is -0.418. The van der Waals surface area contributed by atoms with Crippen LogP contribution in [0.5, 0.6) is 0 Å². The van der Waals surface area contributed by atoms with Crippen molar-refractivity contribution in [3.8, 4) is 0 Å². The molecule has 1 N–H and O–H groups in total. The van der Waals surface area contributed by atoms with Crippen LogP contribution in [-0.2, 0) is 9.59 Å².